The molecule has 0 aliphatic carbocycles. The summed E-state index contributed by atoms with van der Waals surface area (Å²) in [7, 11) is 0. The van der Waals surface area contributed by atoms with Crippen molar-refractivity contribution in [2.45, 2.75) is 26.0 Å². The van der Waals surface area contributed by atoms with E-state index in [1.54, 1.807) is 6.07 Å². The first kappa shape index (κ1) is 9.22. The van der Waals surface area contributed by atoms with Crippen LogP contribution in [0.25, 0.3) is 0 Å². The van der Waals surface area contributed by atoms with Crippen LogP contribution in [0.2, 0.25) is 0 Å². The van der Waals surface area contributed by atoms with E-state index >= 15 is 0 Å². The van der Waals surface area contributed by atoms with Gasteiger partial charge in [-0.05, 0) is 5.92 Å². The van der Waals surface area contributed by atoms with Crippen LogP contribution < -0.4 is 5.73 Å². The van der Waals surface area contributed by atoms with E-state index in [2.05, 4.69) is 9.68 Å². The average Bonchev–Trinajstić information content (AvgIpc) is 2.53. The topological polar surface area (TPSA) is 72.3 Å². The predicted molar refractivity (Wildman–Crippen MR) is 44.3 cm³/mol. The molecule has 0 bridgehead atoms. The standard InChI is InChI=1S/C8H14N2O2/c1-5(2)7(9)8(11)6-3-4-12-10-6/h3-5,7-8,11H,9H2,1-2H3. The van der Waals surface area contributed by atoms with Crippen LogP contribution >= 0.6 is 0 Å². The number of aromatic nitrogens is 1. The molecule has 12 heavy (non-hydrogen) atoms. The molecule has 0 saturated heterocycles. The van der Waals surface area contributed by atoms with Crippen molar-refractivity contribution in [1.29, 1.82) is 0 Å². The molecule has 1 aromatic heterocycles. The molecular weight excluding hydrogens is 156 g/mol. The quantitative estimate of drug-likeness (QED) is 0.700. The van der Waals surface area contributed by atoms with Crippen molar-refractivity contribution in [2.24, 2.45) is 11.7 Å². The molecule has 0 radical (unpaired) electrons. The predicted octanol–water partition coefficient (Wildman–Crippen LogP) is 0.691. The summed E-state index contributed by atoms with van der Waals surface area (Å²) in [4.78, 5) is 0. The Morgan fingerprint density at radius 2 is 2.25 bits per heavy atom. The Morgan fingerprint density at radius 1 is 1.58 bits per heavy atom. The summed E-state index contributed by atoms with van der Waals surface area (Å²) in [6.07, 6.45) is 0.690. The van der Waals surface area contributed by atoms with Gasteiger partial charge in [-0.1, -0.05) is 19.0 Å². The highest BCUT2D eigenvalue weighted by Crippen LogP contribution is 2.17. The summed E-state index contributed by atoms with van der Waals surface area (Å²) >= 11 is 0. The Balaban J connectivity index is 2.65. The van der Waals surface area contributed by atoms with Crippen molar-refractivity contribution in [3.05, 3.63) is 18.0 Å². The lowest BCUT2D eigenvalue weighted by Crippen LogP contribution is -2.33. The minimum atomic E-state index is -0.733. The number of hydrogen-bond donors (Lipinski definition) is 2. The number of hydrogen-bond acceptors (Lipinski definition) is 4. The van der Waals surface area contributed by atoms with E-state index in [0.717, 1.165) is 0 Å². The van der Waals surface area contributed by atoms with E-state index in [1.165, 1.54) is 6.26 Å². The summed E-state index contributed by atoms with van der Waals surface area (Å²) < 4.78 is 4.60. The molecule has 0 amide bonds. The van der Waals surface area contributed by atoms with Crippen molar-refractivity contribution in [2.75, 3.05) is 0 Å². The average molecular weight is 170 g/mol. The minimum absolute atomic E-state index is 0.219. The van der Waals surface area contributed by atoms with Crippen LogP contribution in [0.3, 0.4) is 0 Å². The molecule has 0 fully saturated rings. The maximum atomic E-state index is 9.60. The van der Waals surface area contributed by atoms with E-state index in [0.29, 0.717) is 5.69 Å². The Morgan fingerprint density at radius 3 is 2.67 bits per heavy atom. The van der Waals surface area contributed by atoms with Gasteiger partial charge in [0.1, 0.15) is 18.1 Å². The Kier molecular flexibility index (Phi) is 2.83. The molecule has 0 spiro atoms. The number of nitrogens with zero attached hydrogens (tertiary/aromatic N) is 1. The third kappa shape index (κ3) is 1.84. The molecule has 2 unspecified atom stereocenters. The largest absolute Gasteiger partial charge is 0.385 e. The number of nitrogens with two attached hydrogens (primary N) is 1. The second kappa shape index (κ2) is 3.69. The van der Waals surface area contributed by atoms with Gasteiger partial charge >= 0.3 is 0 Å². The van der Waals surface area contributed by atoms with Crippen LogP contribution in [0.15, 0.2) is 16.9 Å². The van der Waals surface area contributed by atoms with E-state index < -0.39 is 6.10 Å². The minimum Gasteiger partial charge on any atom is -0.385 e. The van der Waals surface area contributed by atoms with Crippen LogP contribution in [0, 0.1) is 5.92 Å². The second-order valence-electron chi connectivity index (χ2n) is 3.19. The van der Waals surface area contributed by atoms with Gasteiger partial charge in [0.05, 0.1) is 0 Å². The lowest BCUT2D eigenvalue weighted by Gasteiger charge is -2.19. The zero-order valence-electron chi connectivity index (χ0n) is 7.27. The van der Waals surface area contributed by atoms with Crippen LogP contribution in [-0.4, -0.2) is 16.3 Å². The molecule has 1 heterocycles. The smallest absolute Gasteiger partial charge is 0.124 e. The fraction of sp³-hybridized carbons (Fsp3) is 0.625. The van der Waals surface area contributed by atoms with Gasteiger partial charge in [0.15, 0.2) is 0 Å². The Bertz CT molecular complexity index is 221. The number of aliphatic hydroxyl groups is 1. The van der Waals surface area contributed by atoms with Gasteiger partial charge < -0.3 is 15.4 Å². The molecule has 0 aliphatic heterocycles. The van der Waals surface area contributed by atoms with Gasteiger partial charge in [0, 0.05) is 12.1 Å². The van der Waals surface area contributed by atoms with Crippen LogP contribution in [-0.2, 0) is 0 Å². The fourth-order valence-corrected chi connectivity index (χ4v) is 0.936. The molecule has 4 heteroatoms. The zero-order chi connectivity index (χ0) is 9.14. The molecule has 1 rings (SSSR count). The summed E-state index contributed by atoms with van der Waals surface area (Å²) in [5, 5.41) is 13.2. The third-order valence-electron chi connectivity index (χ3n) is 1.90. The lowest BCUT2D eigenvalue weighted by atomic mass is 9.98. The van der Waals surface area contributed by atoms with Crippen molar-refractivity contribution < 1.29 is 9.63 Å². The molecule has 2 atom stereocenters. The summed E-state index contributed by atoms with van der Waals surface area (Å²) in [6.45, 7) is 3.90. The summed E-state index contributed by atoms with van der Waals surface area (Å²) in [6, 6.07) is 1.32. The van der Waals surface area contributed by atoms with Crippen LogP contribution in [0.4, 0.5) is 0 Å². The van der Waals surface area contributed by atoms with Crippen LogP contribution in [0.1, 0.15) is 25.6 Å². The molecule has 0 saturated carbocycles. The molecule has 1 aromatic rings. The second-order valence-corrected chi connectivity index (χ2v) is 3.19. The van der Waals surface area contributed by atoms with Gasteiger partial charge in [-0.25, -0.2) is 0 Å². The van der Waals surface area contributed by atoms with Crippen LogP contribution in [0.5, 0.6) is 0 Å². The highest BCUT2D eigenvalue weighted by Gasteiger charge is 2.21. The van der Waals surface area contributed by atoms with Gasteiger partial charge in [-0.3, -0.25) is 0 Å². The molecular formula is C8H14N2O2. The van der Waals surface area contributed by atoms with Gasteiger partial charge in [0.25, 0.3) is 0 Å². The van der Waals surface area contributed by atoms with Gasteiger partial charge in [0.2, 0.25) is 0 Å². The van der Waals surface area contributed by atoms with Crippen molar-refractivity contribution in [3.8, 4) is 0 Å². The molecule has 68 valence electrons. The van der Waals surface area contributed by atoms with Crippen molar-refractivity contribution >= 4 is 0 Å². The number of aliphatic hydroxyl groups excluding tert-OH is 1. The fourth-order valence-electron chi connectivity index (χ4n) is 0.936. The monoisotopic (exact) mass is 170 g/mol. The first-order valence-corrected chi connectivity index (χ1v) is 3.97. The third-order valence-corrected chi connectivity index (χ3v) is 1.90. The number of rotatable bonds is 3. The molecule has 0 aliphatic rings. The molecule has 3 N–H and O–H groups in total. The molecule has 4 nitrogen and oxygen atoms in total. The first-order valence-electron chi connectivity index (χ1n) is 3.97. The van der Waals surface area contributed by atoms with Gasteiger partial charge in [-0.15, -0.1) is 0 Å². The van der Waals surface area contributed by atoms with Gasteiger partial charge in [-0.2, -0.15) is 0 Å². The normalized spacial score (nSPS) is 16.4. The Hall–Kier alpha value is -0.870. The van der Waals surface area contributed by atoms with Crippen molar-refractivity contribution in [3.63, 3.8) is 0 Å². The van der Waals surface area contributed by atoms with E-state index in [9.17, 15) is 5.11 Å². The van der Waals surface area contributed by atoms with E-state index in [1.807, 2.05) is 13.8 Å². The Labute approximate surface area is 71.4 Å². The van der Waals surface area contributed by atoms with E-state index in [4.69, 9.17) is 5.73 Å². The zero-order valence-corrected chi connectivity index (χ0v) is 7.27. The maximum absolute atomic E-state index is 9.60. The summed E-state index contributed by atoms with van der Waals surface area (Å²) in [5.41, 5.74) is 6.22. The maximum Gasteiger partial charge on any atom is 0.124 e. The first-order chi connectivity index (χ1) is 5.63. The highest BCUT2D eigenvalue weighted by molar-refractivity contribution is 5.03. The van der Waals surface area contributed by atoms with E-state index in [-0.39, 0.29) is 12.0 Å². The lowest BCUT2D eigenvalue weighted by molar-refractivity contribution is 0.117. The SMILES string of the molecule is CC(C)C(N)C(O)c1ccon1. The summed E-state index contributed by atoms with van der Waals surface area (Å²) in [5.74, 6) is 0.219. The van der Waals surface area contributed by atoms with Crippen molar-refractivity contribution in [1.82, 2.24) is 5.16 Å². The molecule has 0 aromatic carbocycles. The highest BCUT2D eigenvalue weighted by atomic mass is 16.5.